The van der Waals surface area contributed by atoms with Crippen LogP contribution < -0.4 is 0 Å². The number of thioether (sulfide) groups is 1. The van der Waals surface area contributed by atoms with E-state index in [-0.39, 0.29) is 12.3 Å². The van der Waals surface area contributed by atoms with Crippen LogP contribution in [0.2, 0.25) is 0 Å². The first kappa shape index (κ1) is 14.5. The lowest BCUT2D eigenvalue weighted by molar-refractivity contribution is -0.384. The van der Waals surface area contributed by atoms with Gasteiger partial charge in [-0.15, -0.1) is 0 Å². The minimum absolute atomic E-state index is 0.0214. The lowest BCUT2D eigenvalue weighted by Crippen LogP contribution is -1.98. The number of nitro groups is 1. The zero-order valence-corrected chi connectivity index (χ0v) is 11.8. The Labute approximate surface area is 120 Å². The van der Waals surface area contributed by atoms with E-state index in [9.17, 15) is 10.1 Å². The average molecular weight is 293 g/mol. The minimum Gasteiger partial charge on any atom is -0.390 e. The number of aryl methyl sites for hydroxylation is 1. The van der Waals surface area contributed by atoms with E-state index >= 15 is 0 Å². The van der Waals surface area contributed by atoms with Crippen LogP contribution in [-0.2, 0) is 20.1 Å². The molecule has 1 N–H and O–H groups in total. The molecule has 2 aromatic rings. The third-order valence-electron chi connectivity index (χ3n) is 2.97. The number of aromatic nitrogens is 2. The van der Waals surface area contributed by atoms with Gasteiger partial charge in [0.05, 0.1) is 23.4 Å². The Kier molecular flexibility index (Phi) is 4.75. The fourth-order valence-corrected chi connectivity index (χ4v) is 2.71. The molecule has 0 aliphatic carbocycles. The number of imidazole rings is 1. The van der Waals surface area contributed by atoms with Crippen molar-refractivity contribution in [2.24, 2.45) is 7.05 Å². The van der Waals surface area contributed by atoms with Gasteiger partial charge in [-0.05, 0) is 12.0 Å². The summed E-state index contributed by atoms with van der Waals surface area (Å²) >= 11 is 1.60. The van der Waals surface area contributed by atoms with Gasteiger partial charge in [0, 0.05) is 24.9 Å². The molecule has 6 nitrogen and oxygen atoms in total. The highest BCUT2D eigenvalue weighted by Crippen LogP contribution is 2.19. The number of non-ortho nitro benzene ring substituents is 1. The zero-order chi connectivity index (χ0) is 14.5. The third kappa shape index (κ3) is 3.37. The molecule has 1 aromatic carbocycles. The fraction of sp³-hybridized carbons (Fsp3) is 0.308. The molecule has 20 heavy (non-hydrogen) atoms. The number of hydrogen-bond donors (Lipinski definition) is 1. The molecule has 0 unspecified atom stereocenters. The summed E-state index contributed by atoms with van der Waals surface area (Å²) < 4.78 is 1.86. The average Bonchev–Trinajstić information content (AvgIpc) is 2.80. The number of benzene rings is 1. The van der Waals surface area contributed by atoms with E-state index in [1.165, 1.54) is 12.1 Å². The molecule has 2 rings (SSSR count). The lowest BCUT2D eigenvalue weighted by atomic mass is 10.1. The Hall–Kier alpha value is -1.86. The highest BCUT2D eigenvalue weighted by Gasteiger charge is 2.07. The van der Waals surface area contributed by atoms with Crippen LogP contribution in [0.1, 0.15) is 11.3 Å². The summed E-state index contributed by atoms with van der Waals surface area (Å²) in [6, 6.07) is 6.59. The Balaban J connectivity index is 1.89. The maximum atomic E-state index is 10.5. The lowest BCUT2D eigenvalue weighted by Gasteiger charge is -2.04. The molecule has 0 aliphatic rings. The number of nitro benzene ring substituents is 1. The number of aliphatic hydroxyl groups excluding tert-OH is 1. The van der Waals surface area contributed by atoms with Crippen LogP contribution in [0.5, 0.6) is 0 Å². The van der Waals surface area contributed by atoms with Crippen LogP contribution in [0.15, 0.2) is 35.6 Å². The van der Waals surface area contributed by atoms with Crippen LogP contribution in [0.3, 0.4) is 0 Å². The predicted octanol–water partition coefficient (Wildman–Crippen LogP) is 2.16. The molecule has 106 valence electrons. The first-order valence-electron chi connectivity index (χ1n) is 6.09. The number of hydrogen-bond acceptors (Lipinski definition) is 5. The summed E-state index contributed by atoms with van der Waals surface area (Å²) in [5.41, 5.74) is 1.95. The van der Waals surface area contributed by atoms with Crippen LogP contribution >= 0.6 is 11.8 Å². The van der Waals surface area contributed by atoms with Crippen LogP contribution in [0.25, 0.3) is 0 Å². The summed E-state index contributed by atoms with van der Waals surface area (Å²) in [5, 5.41) is 20.5. The maximum absolute atomic E-state index is 10.5. The number of rotatable bonds is 6. The Bertz CT molecular complexity index is 595. The quantitative estimate of drug-likeness (QED) is 0.501. The van der Waals surface area contributed by atoms with Gasteiger partial charge in [0.2, 0.25) is 0 Å². The molecule has 0 bridgehead atoms. The second-order valence-electron chi connectivity index (χ2n) is 4.27. The minimum atomic E-state index is -0.400. The molecule has 1 heterocycles. The molecule has 0 atom stereocenters. The van der Waals surface area contributed by atoms with Gasteiger partial charge in [0.15, 0.2) is 5.16 Å². The largest absolute Gasteiger partial charge is 0.390 e. The summed E-state index contributed by atoms with van der Waals surface area (Å²) in [7, 11) is 1.87. The molecule has 1 aromatic heterocycles. The summed E-state index contributed by atoms with van der Waals surface area (Å²) in [6.07, 6.45) is 2.47. The van der Waals surface area contributed by atoms with E-state index < -0.39 is 4.92 Å². The van der Waals surface area contributed by atoms with Crippen molar-refractivity contribution in [3.05, 3.63) is 51.8 Å². The molecule has 0 saturated heterocycles. The number of nitrogens with zero attached hydrogens (tertiary/aromatic N) is 3. The van der Waals surface area contributed by atoms with Crippen molar-refractivity contribution in [1.29, 1.82) is 0 Å². The van der Waals surface area contributed by atoms with Crippen molar-refractivity contribution in [1.82, 2.24) is 9.55 Å². The van der Waals surface area contributed by atoms with Gasteiger partial charge in [-0.25, -0.2) is 4.98 Å². The third-order valence-corrected chi connectivity index (χ3v) is 4.02. The Morgan fingerprint density at radius 1 is 1.40 bits per heavy atom. The van der Waals surface area contributed by atoms with Crippen molar-refractivity contribution in [3.63, 3.8) is 0 Å². The van der Waals surface area contributed by atoms with Crippen molar-refractivity contribution in [2.45, 2.75) is 18.2 Å². The van der Waals surface area contributed by atoms with Gasteiger partial charge in [0.25, 0.3) is 5.69 Å². The van der Waals surface area contributed by atoms with Crippen LogP contribution in [0, 0.1) is 10.1 Å². The monoisotopic (exact) mass is 293 g/mol. The standard InChI is InChI=1S/C13H15N3O3S/c1-15-12(9-17)8-14-13(15)20-7-6-10-2-4-11(5-3-10)16(18)19/h2-5,8,17H,6-7,9H2,1H3. The van der Waals surface area contributed by atoms with E-state index in [1.807, 2.05) is 11.6 Å². The molecular weight excluding hydrogens is 278 g/mol. The van der Waals surface area contributed by atoms with Crippen molar-refractivity contribution in [2.75, 3.05) is 5.75 Å². The predicted molar refractivity (Wildman–Crippen MR) is 76.7 cm³/mol. The second-order valence-corrected chi connectivity index (χ2v) is 5.33. The van der Waals surface area contributed by atoms with Crippen molar-refractivity contribution >= 4 is 17.4 Å². The van der Waals surface area contributed by atoms with Gasteiger partial charge in [-0.3, -0.25) is 10.1 Å². The molecule has 0 fully saturated rings. The number of aliphatic hydroxyl groups is 1. The van der Waals surface area contributed by atoms with Gasteiger partial charge in [-0.2, -0.15) is 0 Å². The normalized spacial score (nSPS) is 10.7. The van der Waals surface area contributed by atoms with E-state index in [4.69, 9.17) is 5.11 Å². The smallest absolute Gasteiger partial charge is 0.269 e. The Morgan fingerprint density at radius 3 is 2.65 bits per heavy atom. The molecular formula is C13H15N3O3S. The fourth-order valence-electron chi connectivity index (χ4n) is 1.75. The van der Waals surface area contributed by atoms with E-state index in [2.05, 4.69) is 4.98 Å². The molecule has 0 aliphatic heterocycles. The van der Waals surface area contributed by atoms with Crippen molar-refractivity contribution < 1.29 is 10.0 Å². The van der Waals surface area contributed by atoms with E-state index in [0.717, 1.165) is 28.6 Å². The Morgan fingerprint density at radius 2 is 2.10 bits per heavy atom. The topological polar surface area (TPSA) is 81.2 Å². The molecule has 0 saturated carbocycles. The highest BCUT2D eigenvalue weighted by atomic mass is 32.2. The first-order valence-corrected chi connectivity index (χ1v) is 7.08. The maximum Gasteiger partial charge on any atom is 0.269 e. The van der Waals surface area contributed by atoms with Gasteiger partial charge in [-0.1, -0.05) is 23.9 Å². The van der Waals surface area contributed by atoms with Gasteiger partial charge in [0.1, 0.15) is 0 Å². The van der Waals surface area contributed by atoms with Crippen molar-refractivity contribution in [3.8, 4) is 0 Å². The first-order chi connectivity index (χ1) is 9.61. The van der Waals surface area contributed by atoms with Crippen LogP contribution in [0.4, 0.5) is 5.69 Å². The summed E-state index contributed by atoms with van der Waals surface area (Å²) in [5.74, 6) is 0.827. The van der Waals surface area contributed by atoms with Crippen LogP contribution in [-0.4, -0.2) is 25.3 Å². The summed E-state index contributed by atoms with van der Waals surface area (Å²) in [6.45, 7) is -0.0214. The summed E-state index contributed by atoms with van der Waals surface area (Å²) in [4.78, 5) is 14.4. The molecule has 0 amide bonds. The van der Waals surface area contributed by atoms with E-state index in [1.54, 1.807) is 30.1 Å². The van der Waals surface area contributed by atoms with Gasteiger partial charge < -0.3 is 9.67 Å². The van der Waals surface area contributed by atoms with E-state index in [0.29, 0.717) is 0 Å². The molecule has 0 spiro atoms. The molecule has 7 heteroatoms. The highest BCUT2D eigenvalue weighted by molar-refractivity contribution is 7.99. The SMILES string of the molecule is Cn1c(CO)cnc1SCCc1ccc([N+](=O)[O-])cc1. The zero-order valence-electron chi connectivity index (χ0n) is 11.0. The van der Waals surface area contributed by atoms with Gasteiger partial charge >= 0.3 is 0 Å². The molecule has 0 radical (unpaired) electrons. The second kappa shape index (κ2) is 6.53.